The molecule has 138 valence electrons. The quantitative estimate of drug-likeness (QED) is 0.773. The molecule has 1 saturated heterocycles. The van der Waals surface area contributed by atoms with E-state index in [1.165, 1.54) is 6.07 Å². The van der Waals surface area contributed by atoms with E-state index in [0.29, 0.717) is 18.7 Å². The van der Waals surface area contributed by atoms with Crippen LogP contribution in [0.25, 0.3) is 0 Å². The van der Waals surface area contributed by atoms with Crippen LogP contribution < -0.4 is 10.1 Å². The Morgan fingerprint density at radius 3 is 2.68 bits per heavy atom. The fourth-order valence-electron chi connectivity index (χ4n) is 3.14. The minimum Gasteiger partial charge on any atom is -0.491 e. The number of ether oxygens (including phenoxy) is 2. The Kier molecular flexibility index (Phi) is 4.35. The Morgan fingerprint density at radius 1 is 1.32 bits per heavy atom. The fourth-order valence-corrected chi connectivity index (χ4v) is 3.14. The number of fused-ring (bicyclic) bond motifs is 3. The third kappa shape index (κ3) is 3.68. The van der Waals surface area contributed by atoms with Crippen molar-refractivity contribution in [2.45, 2.75) is 44.6 Å². The van der Waals surface area contributed by atoms with E-state index in [0.717, 1.165) is 12.1 Å². The van der Waals surface area contributed by atoms with E-state index in [9.17, 15) is 18.0 Å². The van der Waals surface area contributed by atoms with Gasteiger partial charge in [-0.25, -0.2) is 4.79 Å². The van der Waals surface area contributed by atoms with Gasteiger partial charge in [0.15, 0.2) is 0 Å². The van der Waals surface area contributed by atoms with Gasteiger partial charge < -0.3 is 14.8 Å². The van der Waals surface area contributed by atoms with Crippen molar-refractivity contribution in [1.29, 1.82) is 0 Å². The standard InChI is InChI=1S/C17H21F3N2O3/c1-16(2,3)25-15(23)22-7-6-21-14-11-5-4-10(17(18,19)20)8-13(11)24-9-12(14)22/h4-5,8,12,14,21H,6-7,9H2,1-3H3/t12-,14+/m1/s1. The molecule has 25 heavy (non-hydrogen) atoms. The number of benzene rings is 1. The molecule has 0 unspecified atom stereocenters. The van der Waals surface area contributed by atoms with Crippen molar-refractivity contribution in [3.05, 3.63) is 29.3 Å². The van der Waals surface area contributed by atoms with Crippen LogP contribution in [-0.4, -0.2) is 42.3 Å². The molecule has 2 heterocycles. The van der Waals surface area contributed by atoms with Crippen LogP contribution in [0.4, 0.5) is 18.0 Å². The van der Waals surface area contributed by atoms with E-state index in [1.54, 1.807) is 25.7 Å². The minimum atomic E-state index is -4.42. The molecule has 3 rings (SSSR count). The predicted octanol–water partition coefficient (Wildman–Crippen LogP) is 3.35. The first kappa shape index (κ1) is 17.8. The summed E-state index contributed by atoms with van der Waals surface area (Å²) < 4.78 is 49.6. The molecule has 2 aliphatic heterocycles. The van der Waals surface area contributed by atoms with Gasteiger partial charge in [-0.05, 0) is 32.9 Å². The number of hydrogen-bond acceptors (Lipinski definition) is 4. The summed E-state index contributed by atoms with van der Waals surface area (Å²) in [6, 6.07) is 2.86. The summed E-state index contributed by atoms with van der Waals surface area (Å²) in [5.41, 5.74) is -0.742. The zero-order valence-electron chi connectivity index (χ0n) is 14.3. The van der Waals surface area contributed by atoms with Crippen molar-refractivity contribution in [1.82, 2.24) is 10.2 Å². The lowest BCUT2D eigenvalue weighted by molar-refractivity contribution is -0.137. The molecular weight excluding hydrogens is 337 g/mol. The van der Waals surface area contributed by atoms with Gasteiger partial charge in [0.1, 0.15) is 18.0 Å². The molecule has 0 bridgehead atoms. The van der Waals surface area contributed by atoms with Gasteiger partial charge in [-0.15, -0.1) is 0 Å². The van der Waals surface area contributed by atoms with Gasteiger partial charge in [0.25, 0.3) is 0 Å². The van der Waals surface area contributed by atoms with Crippen LogP contribution in [-0.2, 0) is 10.9 Å². The number of carbonyl (C=O) groups is 1. The SMILES string of the molecule is CC(C)(C)OC(=O)N1CCN[C@H]2c3ccc(C(F)(F)F)cc3OC[C@H]21. The zero-order chi connectivity index (χ0) is 18.4. The fraction of sp³-hybridized carbons (Fsp3) is 0.588. The number of rotatable bonds is 0. The predicted molar refractivity (Wildman–Crippen MR) is 84.4 cm³/mol. The lowest BCUT2D eigenvalue weighted by Crippen LogP contribution is -2.59. The highest BCUT2D eigenvalue weighted by molar-refractivity contribution is 5.69. The van der Waals surface area contributed by atoms with Crippen LogP contribution in [0, 0.1) is 0 Å². The van der Waals surface area contributed by atoms with Crippen LogP contribution in [0.1, 0.15) is 37.9 Å². The minimum absolute atomic E-state index is 0.116. The largest absolute Gasteiger partial charge is 0.491 e. The molecule has 1 N–H and O–H groups in total. The second kappa shape index (κ2) is 6.09. The van der Waals surface area contributed by atoms with Gasteiger partial charge in [0.05, 0.1) is 17.6 Å². The first-order valence-electron chi connectivity index (χ1n) is 8.13. The molecule has 0 spiro atoms. The van der Waals surface area contributed by atoms with Gasteiger partial charge in [-0.2, -0.15) is 13.2 Å². The van der Waals surface area contributed by atoms with Gasteiger partial charge >= 0.3 is 12.3 Å². The van der Waals surface area contributed by atoms with Crippen LogP contribution in [0.15, 0.2) is 18.2 Å². The summed E-state index contributed by atoms with van der Waals surface area (Å²) in [4.78, 5) is 14.0. The van der Waals surface area contributed by atoms with E-state index in [-0.39, 0.29) is 24.4 Å². The van der Waals surface area contributed by atoms with Gasteiger partial charge in [0, 0.05) is 18.7 Å². The Morgan fingerprint density at radius 2 is 2.04 bits per heavy atom. The Bertz CT molecular complexity index is 670. The normalized spacial score (nSPS) is 23.4. The van der Waals surface area contributed by atoms with Crippen LogP contribution in [0.3, 0.4) is 0 Å². The van der Waals surface area contributed by atoms with E-state index >= 15 is 0 Å². The average molecular weight is 358 g/mol. The maximum Gasteiger partial charge on any atom is 0.416 e. The van der Waals surface area contributed by atoms with E-state index < -0.39 is 23.4 Å². The van der Waals surface area contributed by atoms with E-state index in [4.69, 9.17) is 9.47 Å². The smallest absolute Gasteiger partial charge is 0.416 e. The molecular formula is C17H21F3N2O3. The number of alkyl halides is 3. The zero-order valence-corrected chi connectivity index (χ0v) is 14.3. The van der Waals surface area contributed by atoms with E-state index in [1.807, 2.05) is 0 Å². The highest BCUT2D eigenvalue weighted by atomic mass is 19.4. The average Bonchev–Trinajstić information content (AvgIpc) is 2.51. The first-order valence-corrected chi connectivity index (χ1v) is 8.13. The number of hydrogen-bond donors (Lipinski definition) is 1. The Hall–Kier alpha value is -1.96. The third-order valence-electron chi connectivity index (χ3n) is 4.22. The highest BCUT2D eigenvalue weighted by Gasteiger charge is 2.42. The molecule has 1 fully saturated rings. The Balaban J connectivity index is 1.85. The maximum absolute atomic E-state index is 12.9. The topological polar surface area (TPSA) is 50.8 Å². The maximum atomic E-state index is 12.9. The summed E-state index contributed by atoms with van der Waals surface area (Å²) in [6.45, 7) is 6.46. The molecule has 1 aromatic rings. The molecule has 2 aliphatic rings. The van der Waals surface area contributed by atoms with Crippen LogP contribution in [0.5, 0.6) is 5.75 Å². The molecule has 0 saturated carbocycles. The molecule has 1 aromatic carbocycles. The van der Waals surface area contributed by atoms with Crippen LogP contribution in [0.2, 0.25) is 0 Å². The molecule has 0 aromatic heterocycles. The number of piperazine rings is 1. The van der Waals surface area contributed by atoms with Crippen molar-refractivity contribution < 1.29 is 27.4 Å². The van der Waals surface area contributed by atoms with Crippen molar-refractivity contribution in [3.8, 4) is 5.75 Å². The molecule has 8 heteroatoms. The Labute approximate surface area is 144 Å². The summed E-state index contributed by atoms with van der Waals surface area (Å²) in [6.07, 6.45) is -4.86. The molecule has 2 atom stereocenters. The second-order valence-corrected chi connectivity index (χ2v) is 7.23. The molecule has 0 aliphatic carbocycles. The lowest BCUT2D eigenvalue weighted by atomic mass is 9.92. The van der Waals surface area contributed by atoms with Crippen molar-refractivity contribution in [3.63, 3.8) is 0 Å². The number of halogens is 3. The first-order chi connectivity index (χ1) is 11.6. The van der Waals surface area contributed by atoms with Crippen molar-refractivity contribution >= 4 is 6.09 Å². The second-order valence-electron chi connectivity index (χ2n) is 7.23. The van der Waals surface area contributed by atoms with Gasteiger partial charge in [0.2, 0.25) is 0 Å². The highest BCUT2D eigenvalue weighted by Crippen LogP contribution is 2.40. The van der Waals surface area contributed by atoms with Crippen LogP contribution >= 0.6 is 0 Å². The summed E-state index contributed by atoms with van der Waals surface area (Å²) >= 11 is 0. The van der Waals surface area contributed by atoms with E-state index in [2.05, 4.69) is 5.32 Å². The summed E-state index contributed by atoms with van der Waals surface area (Å²) in [7, 11) is 0. The summed E-state index contributed by atoms with van der Waals surface area (Å²) in [5, 5.41) is 3.27. The van der Waals surface area contributed by atoms with Gasteiger partial charge in [-0.1, -0.05) is 6.07 Å². The molecule has 0 radical (unpaired) electrons. The van der Waals surface area contributed by atoms with Crippen molar-refractivity contribution in [2.75, 3.05) is 19.7 Å². The number of amides is 1. The van der Waals surface area contributed by atoms with Crippen molar-refractivity contribution in [2.24, 2.45) is 0 Å². The lowest BCUT2D eigenvalue weighted by Gasteiger charge is -2.44. The molecule has 5 nitrogen and oxygen atoms in total. The summed E-state index contributed by atoms with van der Waals surface area (Å²) in [5.74, 6) is 0.203. The number of carbonyl (C=O) groups excluding carboxylic acids is 1. The van der Waals surface area contributed by atoms with Gasteiger partial charge in [-0.3, -0.25) is 4.90 Å². The molecule has 1 amide bonds. The number of nitrogens with one attached hydrogen (secondary N) is 1. The third-order valence-corrected chi connectivity index (χ3v) is 4.22. The monoisotopic (exact) mass is 358 g/mol. The number of nitrogens with zero attached hydrogens (tertiary/aromatic N) is 1.